The monoisotopic (exact) mass is 446 g/mol. The molecule has 1 unspecified atom stereocenters. The molecule has 1 atom stereocenters. The van der Waals surface area contributed by atoms with Gasteiger partial charge in [-0.2, -0.15) is 0 Å². The van der Waals surface area contributed by atoms with Crippen molar-refractivity contribution in [2.24, 2.45) is 0 Å². The van der Waals surface area contributed by atoms with Gasteiger partial charge in [-0.15, -0.1) is 0 Å². The molecule has 0 fully saturated rings. The normalized spacial score (nSPS) is 15.7. The van der Waals surface area contributed by atoms with Gasteiger partial charge in [0, 0.05) is 10.7 Å². The van der Waals surface area contributed by atoms with Gasteiger partial charge in [-0.05, 0) is 48.4 Å². The molecule has 4 aromatic rings. The van der Waals surface area contributed by atoms with Crippen LogP contribution in [0.15, 0.2) is 80.5 Å². The number of hydrogen-bond donors (Lipinski definition) is 0. The Morgan fingerprint density at radius 3 is 2.52 bits per heavy atom. The maximum Gasteiger partial charge on any atom is 0.296 e. The van der Waals surface area contributed by atoms with Crippen LogP contribution < -0.4 is 10.3 Å². The van der Waals surface area contributed by atoms with Gasteiger partial charge in [-0.25, -0.2) is 4.98 Å². The van der Waals surface area contributed by atoms with Crippen molar-refractivity contribution in [1.29, 1.82) is 0 Å². The minimum Gasteiger partial charge on any atom is -0.450 e. The lowest BCUT2D eigenvalue weighted by Gasteiger charge is -2.25. The molecule has 6 heteroatoms. The van der Waals surface area contributed by atoms with E-state index < -0.39 is 6.04 Å². The fourth-order valence-corrected chi connectivity index (χ4v) is 4.09. The van der Waals surface area contributed by atoms with E-state index in [0.717, 1.165) is 15.6 Å². The van der Waals surface area contributed by atoms with Gasteiger partial charge in [0.2, 0.25) is 5.76 Å². The summed E-state index contributed by atoms with van der Waals surface area (Å²) in [6.45, 7) is 1.89. The number of para-hydroxylation sites is 1. The van der Waals surface area contributed by atoms with Gasteiger partial charge in [0.1, 0.15) is 11.4 Å². The molecular weight excluding hydrogens is 432 g/mol. The fraction of sp³-hybridized carbons (Fsp3) is 0.0870. The third-order valence-corrected chi connectivity index (χ3v) is 5.70. The Hall–Kier alpha value is -3.25. The maximum atomic E-state index is 13.4. The molecule has 0 bridgehead atoms. The summed E-state index contributed by atoms with van der Waals surface area (Å²) in [5.41, 5.74) is 2.21. The number of carbonyl (C=O) groups is 1. The summed E-state index contributed by atoms with van der Waals surface area (Å²) < 4.78 is 6.85. The second kappa shape index (κ2) is 6.67. The van der Waals surface area contributed by atoms with Crippen LogP contribution in [0.2, 0.25) is 0 Å². The number of halogens is 1. The standard InChI is InChI=1S/C23H15BrN2O3/c1-13-5-4-12-25-22(13)26-19(14-8-10-15(24)11-9-14)18-20(27)16-6-2-3-7-17(16)29-21(18)23(26)28/h2-12,19H,1H3. The van der Waals surface area contributed by atoms with Crippen LogP contribution in [0.25, 0.3) is 11.0 Å². The minimum absolute atomic E-state index is 0.0756. The lowest BCUT2D eigenvalue weighted by atomic mass is 9.98. The summed E-state index contributed by atoms with van der Waals surface area (Å²) in [7, 11) is 0. The highest BCUT2D eigenvalue weighted by atomic mass is 79.9. The molecule has 0 radical (unpaired) electrons. The third kappa shape index (κ3) is 2.71. The number of amides is 1. The minimum atomic E-state index is -0.611. The zero-order valence-electron chi connectivity index (χ0n) is 15.4. The summed E-state index contributed by atoms with van der Waals surface area (Å²) in [5, 5.41) is 0.459. The maximum absolute atomic E-state index is 13.4. The van der Waals surface area contributed by atoms with Crippen molar-refractivity contribution in [3.05, 3.63) is 104 Å². The highest BCUT2D eigenvalue weighted by Crippen LogP contribution is 2.41. The van der Waals surface area contributed by atoms with Crippen molar-refractivity contribution in [3.8, 4) is 0 Å². The quantitative estimate of drug-likeness (QED) is 0.434. The first-order valence-electron chi connectivity index (χ1n) is 9.12. The zero-order chi connectivity index (χ0) is 20.1. The lowest BCUT2D eigenvalue weighted by molar-refractivity contribution is 0.0970. The van der Waals surface area contributed by atoms with Crippen molar-refractivity contribution in [2.45, 2.75) is 13.0 Å². The number of carbonyl (C=O) groups excluding carboxylic acids is 1. The van der Waals surface area contributed by atoms with Crippen LogP contribution in [-0.4, -0.2) is 10.9 Å². The summed E-state index contributed by atoms with van der Waals surface area (Å²) >= 11 is 3.44. The molecule has 1 aliphatic rings. The van der Waals surface area contributed by atoms with Gasteiger partial charge < -0.3 is 4.42 Å². The molecule has 1 aliphatic heterocycles. The number of rotatable bonds is 2. The van der Waals surface area contributed by atoms with E-state index in [1.807, 2.05) is 43.3 Å². The molecule has 142 valence electrons. The molecule has 29 heavy (non-hydrogen) atoms. The SMILES string of the molecule is Cc1cccnc1N1C(=O)c2oc3ccccc3c(=O)c2C1c1ccc(Br)cc1. The molecule has 0 saturated carbocycles. The number of nitrogens with zero attached hydrogens (tertiary/aromatic N) is 2. The first-order chi connectivity index (χ1) is 14.1. The van der Waals surface area contributed by atoms with Gasteiger partial charge in [-0.1, -0.05) is 46.3 Å². The number of hydrogen-bond acceptors (Lipinski definition) is 4. The summed E-state index contributed by atoms with van der Waals surface area (Å²) in [4.78, 5) is 32.9. The zero-order valence-corrected chi connectivity index (χ0v) is 17.0. The van der Waals surface area contributed by atoms with Crippen LogP contribution in [0.3, 0.4) is 0 Å². The number of benzene rings is 2. The van der Waals surface area contributed by atoms with E-state index in [0.29, 0.717) is 22.4 Å². The Labute approximate surface area is 174 Å². The second-order valence-corrected chi connectivity index (χ2v) is 7.86. The molecule has 2 aromatic heterocycles. The van der Waals surface area contributed by atoms with E-state index in [1.54, 1.807) is 35.4 Å². The summed E-state index contributed by atoms with van der Waals surface area (Å²) in [5.74, 6) is 0.226. The Bertz CT molecular complexity index is 1330. The predicted octanol–water partition coefficient (Wildman–Crippen LogP) is 5.01. The molecule has 2 aromatic carbocycles. The Balaban J connectivity index is 1.84. The number of fused-ring (bicyclic) bond motifs is 2. The Morgan fingerprint density at radius 2 is 1.76 bits per heavy atom. The largest absolute Gasteiger partial charge is 0.450 e. The van der Waals surface area contributed by atoms with E-state index in [1.165, 1.54) is 0 Å². The number of aryl methyl sites for hydroxylation is 1. The van der Waals surface area contributed by atoms with Gasteiger partial charge in [0.05, 0.1) is 17.0 Å². The molecule has 1 amide bonds. The van der Waals surface area contributed by atoms with Crippen LogP contribution in [-0.2, 0) is 0 Å². The van der Waals surface area contributed by atoms with Crippen LogP contribution in [0.1, 0.15) is 33.3 Å². The molecule has 0 saturated heterocycles. The van der Waals surface area contributed by atoms with Crippen molar-refractivity contribution in [2.75, 3.05) is 4.90 Å². The number of pyridine rings is 1. The molecular formula is C23H15BrN2O3. The number of anilines is 1. The van der Waals surface area contributed by atoms with E-state index in [9.17, 15) is 9.59 Å². The molecule has 0 spiro atoms. The van der Waals surface area contributed by atoms with Crippen LogP contribution in [0.4, 0.5) is 5.82 Å². The molecule has 0 aliphatic carbocycles. The van der Waals surface area contributed by atoms with E-state index >= 15 is 0 Å². The highest BCUT2D eigenvalue weighted by Gasteiger charge is 2.44. The smallest absolute Gasteiger partial charge is 0.296 e. The van der Waals surface area contributed by atoms with Gasteiger partial charge >= 0.3 is 0 Å². The van der Waals surface area contributed by atoms with Gasteiger partial charge in [0.25, 0.3) is 5.91 Å². The average Bonchev–Trinajstić information content (AvgIpc) is 3.02. The number of aromatic nitrogens is 1. The van der Waals surface area contributed by atoms with Crippen LogP contribution in [0.5, 0.6) is 0 Å². The van der Waals surface area contributed by atoms with Crippen LogP contribution >= 0.6 is 15.9 Å². The summed E-state index contributed by atoms with van der Waals surface area (Å²) in [6, 6.07) is 17.7. The molecule has 3 heterocycles. The second-order valence-electron chi connectivity index (χ2n) is 6.94. The van der Waals surface area contributed by atoms with E-state index in [-0.39, 0.29) is 17.1 Å². The average molecular weight is 447 g/mol. The molecule has 5 rings (SSSR count). The fourth-order valence-electron chi connectivity index (χ4n) is 3.83. The molecule has 0 N–H and O–H groups in total. The van der Waals surface area contributed by atoms with Crippen molar-refractivity contribution >= 4 is 38.6 Å². The topological polar surface area (TPSA) is 63.4 Å². The highest BCUT2D eigenvalue weighted by molar-refractivity contribution is 9.10. The summed E-state index contributed by atoms with van der Waals surface area (Å²) in [6.07, 6.45) is 1.64. The van der Waals surface area contributed by atoms with E-state index in [4.69, 9.17) is 4.42 Å². The first-order valence-corrected chi connectivity index (χ1v) is 9.92. The molecule has 5 nitrogen and oxygen atoms in total. The van der Waals surface area contributed by atoms with Gasteiger partial charge in [0.15, 0.2) is 5.43 Å². The van der Waals surface area contributed by atoms with Gasteiger partial charge in [-0.3, -0.25) is 14.5 Å². The van der Waals surface area contributed by atoms with Crippen molar-refractivity contribution < 1.29 is 9.21 Å². The van der Waals surface area contributed by atoms with Crippen LogP contribution in [0, 0.1) is 6.92 Å². The predicted molar refractivity (Wildman–Crippen MR) is 114 cm³/mol. The van der Waals surface area contributed by atoms with Crippen molar-refractivity contribution in [1.82, 2.24) is 4.98 Å². The van der Waals surface area contributed by atoms with Crippen molar-refractivity contribution in [3.63, 3.8) is 0 Å². The van der Waals surface area contributed by atoms with E-state index in [2.05, 4.69) is 20.9 Å². The Morgan fingerprint density at radius 1 is 1.00 bits per heavy atom. The third-order valence-electron chi connectivity index (χ3n) is 5.17. The Kier molecular flexibility index (Phi) is 4.10. The first kappa shape index (κ1) is 17.8. The lowest BCUT2D eigenvalue weighted by Crippen LogP contribution is -2.30.